The Morgan fingerprint density at radius 2 is 2.11 bits per heavy atom. The van der Waals surface area contributed by atoms with Gasteiger partial charge in [0, 0.05) is 22.3 Å². The Bertz CT molecular complexity index is 1030. The summed E-state index contributed by atoms with van der Waals surface area (Å²) in [7, 11) is 0. The van der Waals surface area contributed by atoms with E-state index >= 15 is 0 Å². The van der Waals surface area contributed by atoms with Crippen LogP contribution in [0.3, 0.4) is 0 Å². The number of nitrogens with zero attached hydrogens (tertiary/aromatic N) is 3. The van der Waals surface area contributed by atoms with E-state index in [1.165, 1.54) is 53.4 Å². The van der Waals surface area contributed by atoms with Crippen LogP contribution in [0.1, 0.15) is 0 Å². The molecule has 28 heavy (non-hydrogen) atoms. The van der Waals surface area contributed by atoms with Gasteiger partial charge in [0.15, 0.2) is 4.34 Å². The third-order valence-corrected chi connectivity index (χ3v) is 5.87. The lowest BCUT2D eigenvalue weighted by molar-refractivity contribution is -0.384. The fourth-order valence-corrected chi connectivity index (χ4v) is 4.08. The number of halogens is 2. The summed E-state index contributed by atoms with van der Waals surface area (Å²) in [6.45, 7) is 0. The molecule has 3 aromatic rings. The van der Waals surface area contributed by atoms with E-state index in [4.69, 9.17) is 0 Å². The number of nitro benzene ring substituents is 1. The fourth-order valence-electron chi connectivity index (χ4n) is 2.04. The minimum Gasteiger partial charge on any atom is -0.330 e. The maximum absolute atomic E-state index is 13.2. The van der Waals surface area contributed by atoms with Gasteiger partial charge in [-0.05, 0) is 40.2 Å². The molecule has 12 heteroatoms. The molecule has 8 nitrogen and oxygen atoms in total. The number of nitro groups is 1. The number of amides is 1. The van der Waals surface area contributed by atoms with Gasteiger partial charge in [-0.1, -0.05) is 29.2 Å². The van der Waals surface area contributed by atoms with Crippen molar-refractivity contribution in [2.45, 2.75) is 4.34 Å². The highest BCUT2D eigenvalue weighted by molar-refractivity contribution is 9.10. The van der Waals surface area contributed by atoms with Crippen LogP contribution >= 0.6 is 39.0 Å². The maximum atomic E-state index is 13.2. The Labute approximate surface area is 174 Å². The average Bonchev–Trinajstić information content (AvgIpc) is 3.09. The van der Waals surface area contributed by atoms with Crippen molar-refractivity contribution < 1.29 is 14.1 Å². The first kappa shape index (κ1) is 20.2. The number of thioether (sulfide) groups is 1. The Balaban J connectivity index is 1.54. The van der Waals surface area contributed by atoms with Crippen molar-refractivity contribution in [2.75, 3.05) is 16.4 Å². The van der Waals surface area contributed by atoms with Gasteiger partial charge in [0.25, 0.3) is 5.69 Å². The third kappa shape index (κ3) is 5.47. The lowest BCUT2D eigenvalue weighted by Crippen LogP contribution is -2.14. The molecule has 1 heterocycles. The van der Waals surface area contributed by atoms with Crippen molar-refractivity contribution in [1.82, 2.24) is 10.2 Å². The lowest BCUT2D eigenvalue weighted by Gasteiger charge is -2.06. The van der Waals surface area contributed by atoms with Gasteiger partial charge in [-0.3, -0.25) is 14.9 Å². The molecule has 0 saturated heterocycles. The van der Waals surface area contributed by atoms with Crippen LogP contribution < -0.4 is 10.6 Å². The molecule has 0 atom stereocenters. The van der Waals surface area contributed by atoms with E-state index in [2.05, 4.69) is 36.8 Å². The second-order valence-corrected chi connectivity index (χ2v) is 8.32. The third-order valence-electron chi connectivity index (χ3n) is 3.25. The van der Waals surface area contributed by atoms with E-state index in [0.29, 0.717) is 25.3 Å². The fraction of sp³-hybridized carbons (Fsp3) is 0.0625. The SMILES string of the molecule is O=C(CSc1nnc(Nc2cccc(F)c2)s1)Nc1ccc([N+](=O)[O-])cc1Br. The van der Waals surface area contributed by atoms with Gasteiger partial charge in [-0.2, -0.15) is 0 Å². The van der Waals surface area contributed by atoms with Crippen molar-refractivity contribution in [3.05, 3.63) is 62.9 Å². The number of benzene rings is 2. The minimum absolute atomic E-state index is 0.0774. The number of carbonyl (C=O) groups is 1. The topological polar surface area (TPSA) is 110 Å². The number of rotatable bonds is 7. The van der Waals surface area contributed by atoms with E-state index in [1.807, 2.05) is 0 Å². The molecule has 0 radical (unpaired) electrons. The second kappa shape index (κ2) is 9.08. The summed E-state index contributed by atoms with van der Waals surface area (Å²) in [5.41, 5.74) is 0.904. The molecular weight excluding hydrogens is 473 g/mol. The predicted octanol–water partition coefficient (Wildman–Crippen LogP) is 4.82. The van der Waals surface area contributed by atoms with Gasteiger partial charge >= 0.3 is 0 Å². The van der Waals surface area contributed by atoms with Gasteiger partial charge in [0.05, 0.1) is 16.4 Å². The Hall–Kier alpha value is -2.57. The molecule has 0 saturated carbocycles. The summed E-state index contributed by atoms with van der Waals surface area (Å²) >= 11 is 5.62. The number of nitrogens with one attached hydrogen (secondary N) is 2. The smallest absolute Gasteiger partial charge is 0.270 e. The van der Waals surface area contributed by atoms with Crippen LogP contribution in [-0.4, -0.2) is 26.8 Å². The first-order chi connectivity index (χ1) is 13.4. The zero-order chi connectivity index (χ0) is 20.1. The second-order valence-electron chi connectivity index (χ2n) is 5.27. The molecule has 1 aromatic heterocycles. The molecule has 0 fully saturated rings. The van der Waals surface area contributed by atoms with Crippen molar-refractivity contribution in [1.29, 1.82) is 0 Å². The summed E-state index contributed by atoms with van der Waals surface area (Å²) in [6, 6.07) is 10.0. The molecule has 3 rings (SSSR count). The summed E-state index contributed by atoms with van der Waals surface area (Å²) in [5.74, 6) is -0.578. The number of non-ortho nitro benzene ring substituents is 1. The van der Waals surface area contributed by atoms with Gasteiger partial charge < -0.3 is 10.6 Å². The van der Waals surface area contributed by atoms with Gasteiger partial charge in [0.1, 0.15) is 5.82 Å². The molecule has 0 aliphatic carbocycles. The standard InChI is InChI=1S/C16H11BrFN5O3S2/c17-12-7-11(23(25)26)4-5-13(12)20-14(24)8-27-16-22-21-15(28-16)19-10-3-1-2-9(18)6-10/h1-7H,8H2,(H,19,21)(H,20,24). The molecule has 2 aromatic carbocycles. The number of hydrogen-bond acceptors (Lipinski definition) is 8. The highest BCUT2D eigenvalue weighted by Crippen LogP contribution is 2.29. The first-order valence-corrected chi connectivity index (χ1v) is 10.2. The van der Waals surface area contributed by atoms with E-state index < -0.39 is 4.92 Å². The van der Waals surface area contributed by atoms with Gasteiger partial charge in [-0.25, -0.2) is 4.39 Å². The number of hydrogen-bond donors (Lipinski definition) is 2. The summed E-state index contributed by atoms with van der Waals surface area (Å²) in [4.78, 5) is 22.3. The number of carbonyl (C=O) groups excluding carboxylic acids is 1. The predicted molar refractivity (Wildman–Crippen MR) is 110 cm³/mol. The molecule has 0 aliphatic rings. The number of anilines is 3. The van der Waals surface area contributed by atoms with Crippen LogP contribution in [0.4, 0.5) is 26.6 Å². The molecule has 144 valence electrons. The Kier molecular flexibility index (Phi) is 6.54. The van der Waals surface area contributed by atoms with Crippen LogP contribution in [0, 0.1) is 15.9 Å². The summed E-state index contributed by atoms with van der Waals surface area (Å²) in [5, 5.41) is 24.8. The van der Waals surface area contributed by atoms with Crippen LogP contribution in [0.5, 0.6) is 0 Å². The highest BCUT2D eigenvalue weighted by atomic mass is 79.9. The largest absolute Gasteiger partial charge is 0.330 e. The van der Waals surface area contributed by atoms with Crippen LogP contribution in [0.2, 0.25) is 0 Å². The van der Waals surface area contributed by atoms with E-state index in [1.54, 1.807) is 12.1 Å². The summed E-state index contributed by atoms with van der Waals surface area (Å²) < 4.78 is 14.2. The highest BCUT2D eigenvalue weighted by Gasteiger charge is 2.13. The van der Waals surface area contributed by atoms with Crippen molar-refractivity contribution in [2.24, 2.45) is 0 Å². The zero-order valence-electron chi connectivity index (χ0n) is 13.9. The van der Waals surface area contributed by atoms with Crippen LogP contribution in [-0.2, 0) is 4.79 Å². The van der Waals surface area contributed by atoms with Crippen molar-refractivity contribution >= 4 is 67.1 Å². The van der Waals surface area contributed by atoms with Gasteiger partial charge in [0.2, 0.25) is 11.0 Å². The molecule has 1 amide bonds. The minimum atomic E-state index is -0.517. The van der Waals surface area contributed by atoms with E-state index in [9.17, 15) is 19.3 Å². The lowest BCUT2D eigenvalue weighted by atomic mass is 10.3. The van der Waals surface area contributed by atoms with E-state index in [0.717, 1.165) is 0 Å². The molecule has 0 aliphatic heterocycles. The maximum Gasteiger partial charge on any atom is 0.270 e. The number of aromatic nitrogens is 2. The monoisotopic (exact) mass is 483 g/mol. The molecular formula is C16H11BrFN5O3S2. The average molecular weight is 484 g/mol. The van der Waals surface area contributed by atoms with Crippen LogP contribution in [0.15, 0.2) is 51.3 Å². The molecule has 0 bridgehead atoms. The normalized spacial score (nSPS) is 10.5. The van der Waals surface area contributed by atoms with Crippen LogP contribution in [0.25, 0.3) is 0 Å². The van der Waals surface area contributed by atoms with Crippen molar-refractivity contribution in [3.8, 4) is 0 Å². The zero-order valence-corrected chi connectivity index (χ0v) is 17.1. The quantitative estimate of drug-likeness (QED) is 0.281. The first-order valence-electron chi connectivity index (χ1n) is 7.63. The Morgan fingerprint density at radius 1 is 1.29 bits per heavy atom. The van der Waals surface area contributed by atoms with Crippen molar-refractivity contribution in [3.63, 3.8) is 0 Å². The Morgan fingerprint density at radius 3 is 2.82 bits per heavy atom. The molecule has 0 unspecified atom stereocenters. The van der Waals surface area contributed by atoms with Gasteiger partial charge in [-0.15, -0.1) is 10.2 Å². The summed E-state index contributed by atoms with van der Waals surface area (Å²) in [6.07, 6.45) is 0. The molecule has 2 N–H and O–H groups in total. The van der Waals surface area contributed by atoms with E-state index in [-0.39, 0.29) is 23.2 Å². The molecule has 0 spiro atoms.